The normalized spacial score (nSPS) is 13.2. The summed E-state index contributed by atoms with van der Waals surface area (Å²) in [6.45, 7) is 4.91. The molecule has 2 atom stereocenters. The average Bonchev–Trinajstić information content (AvgIpc) is 2.86. The summed E-state index contributed by atoms with van der Waals surface area (Å²) >= 11 is 0. The molecule has 0 saturated carbocycles. The number of hydrogen-bond donors (Lipinski definition) is 0. The molecule has 0 amide bonds. The fraction of sp³-hybridized carbons (Fsp3) is 0.200. The van der Waals surface area contributed by atoms with Gasteiger partial charge in [0.05, 0.1) is 0 Å². The molecule has 0 fully saturated rings. The molecule has 0 aliphatic rings. The second-order valence-corrected chi connectivity index (χ2v) is 10.4. The Hall–Kier alpha value is -2.96. The number of para-hydroxylation sites is 1. The summed E-state index contributed by atoms with van der Waals surface area (Å²) < 4.78 is 21.1. The minimum absolute atomic E-state index is 0.136. The quantitative estimate of drug-likeness (QED) is 0.235. The monoisotopic (exact) mass is 456 g/mol. The summed E-state index contributed by atoms with van der Waals surface area (Å²) in [5.41, 5.74) is 4.69. The highest BCUT2D eigenvalue weighted by Crippen LogP contribution is 2.48. The van der Waals surface area contributed by atoms with E-state index in [4.69, 9.17) is 4.74 Å². The van der Waals surface area contributed by atoms with E-state index in [2.05, 4.69) is 68.4 Å². The van der Waals surface area contributed by atoms with Gasteiger partial charge in [0.15, 0.2) is 0 Å². The number of rotatable bonds is 9. The number of benzene rings is 4. The van der Waals surface area contributed by atoms with Gasteiger partial charge in [-0.2, -0.15) is 0 Å². The Kier molecular flexibility index (Phi) is 7.57. The minimum Gasteiger partial charge on any atom is -0.488 e. The van der Waals surface area contributed by atoms with Crippen LogP contribution in [0.15, 0.2) is 103 Å². The fourth-order valence-electron chi connectivity index (χ4n) is 4.08. The van der Waals surface area contributed by atoms with Gasteiger partial charge in [0.2, 0.25) is 0 Å². The van der Waals surface area contributed by atoms with Gasteiger partial charge in [-0.3, -0.25) is 0 Å². The molecule has 0 aliphatic heterocycles. The number of halogens is 1. The van der Waals surface area contributed by atoms with Crippen LogP contribution in [0.25, 0.3) is 0 Å². The lowest BCUT2D eigenvalue weighted by atomic mass is 9.92. The summed E-state index contributed by atoms with van der Waals surface area (Å²) in [5, 5.41) is 0.533. The van der Waals surface area contributed by atoms with Crippen molar-refractivity contribution in [3.63, 3.8) is 0 Å². The molecular weight excluding hydrogens is 426 g/mol. The summed E-state index contributed by atoms with van der Waals surface area (Å²) in [7, 11) is 0.301. The van der Waals surface area contributed by atoms with Crippen LogP contribution < -0.4 is 10.0 Å². The van der Waals surface area contributed by atoms with Gasteiger partial charge in [0, 0.05) is 22.4 Å². The SMILES string of the molecule is CCC(C)(Pc1ccccc1F)c1cccc(Cc2ccccc2)c1OCc1ccccc1. The van der Waals surface area contributed by atoms with Crippen molar-refractivity contribution in [2.45, 2.75) is 38.5 Å². The first-order valence-corrected chi connectivity index (χ1v) is 12.4. The van der Waals surface area contributed by atoms with Crippen molar-refractivity contribution in [2.75, 3.05) is 0 Å². The van der Waals surface area contributed by atoms with Gasteiger partial charge in [0.1, 0.15) is 18.2 Å². The maximum absolute atomic E-state index is 14.6. The van der Waals surface area contributed by atoms with E-state index in [1.165, 1.54) is 5.56 Å². The van der Waals surface area contributed by atoms with E-state index in [1.807, 2.05) is 36.4 Å². The number of ether oxygens (including phenoxy) is 1. The molecule has 168 valence electrons. The van der Waals surface area contributed by atoms with Crippen LogP contribution in [0, 0.1) is 5.82 Å². The van der Waals surface area contributed by atoms with Gasteiger partial charge in [-0.05, 0) is 29.2 Å². The van der Waals surface area contributed by atoms with Crippen LogP contribution in [-0.4, -0.2) is 0 Å². The first-order valence-electron chi connectivity index (χ1n) is 11.4. The molecule has 2 unspecified atom stereocenters. The lowest BCUT2D eigenvalue weighted by molar-refractivity contribution is 0.297. The summed E-state index contributed by atoms with van der Waals surface area (Å²) in [5.74, 6) is 0.793. The van der Waals surface area contributed by atoms with E-state index in [1.54, 1.807) is 12.1 Å². The van der Waals surface area contributed by atoms with Crippen LogP contribution >= 0.6 is 8.58 Å². The standard InChI is InChI=1S/C30H30FOP/c1-3-30(2,33-28-20-11-10-19-27(28)31)26-18-12-17-25(21-23-13-6-4-7-14-23)29(26)32-22-24-15-8-5-9-16-24/h4-20,33H,3,21-22H2,1-2H3. The van der Waals surface area contributed by atoms with Crippen LogP contribution in [0.4, 0.5) is 4.39 Å². The van der Waals surface area contributed by atoms with E-state index < -0.39 is 0 Å². The Labute approximate surface area is 198 Å². The van der Waals surface area contributed by atoms with E-state index >= 15 is 0 Å². The predicted molar refractivity (Wildman–Crippen MR) is 138 cm³/mol. The second-order valence-electron chi connectivity index (χ2n) is 8.52. The molecule has 0 N–H and O–H groups in total. The Morgan fingerprint density at radius 1 is 0.758 bits per heavy atom. The topological polar surface area (TPSA) is 9.23 Å². The number of hydrogen-bond acceptors (Lipinski definition) is 1. The third-order valence-electron chi connectivity index (χ3n) is 6.15. The summed E-state index contributed by atoms with van der Waals surface area (Å²) in [6.07, 6.45) is 1.68. The van der Waals surface area contributed by atoms with Gasteiger partial charge in [-0.15, -0.1) is 0 Å². The largest absolute Gasteiger partial charge is 0.488 e. The predicted octanol–water partition coefficient (Wildman–Crippen LogP) is 7.62. The molecule has 0 heterocycles. The lowest BCUT2D eigenvalue weighted by Gasteiger charge is -2.32. The molecular formula is C30H30FOP. The molecule has 0 aromatic heterocycles. The van der Waals surface area contributed by atoms with Gasteiger partial charge < -0.3 is 4.74 Å². The molecule has 3 heteroatoms. The third-order valence-corrected chi connectivity index (χ3v) is 8.00. The van der Waals surface area contributed by atoms with Gasteiger partial charge >= 0.3 is 0 Å². The van der Waals surface area contributed by atoms with Gasteiger partial charge in [-0.25, -0.2) is 4.39 Å². The molecule has 4 rings (SSSR count). The molecule has 4 aromatic carbocycles. The van der Waals surface area contributed by atoms with Crippen molar-refractivity contribution in [1.82, 2.24) is 0 Å². The van der Waals surface area contributed by atoms with Crippen molar-refractivity contribution in [1.29, 1.82) is 0 Å². The highest BCUT2D eigenvalue weighted by Gasteiger charge is 2.30. The van der Waals surface area contributed by atoms with Crippen LogP contribution in [0.3, 0.4) is 0 Å². The Bertz CT molecular complexity index is 1180. The Balaban J connectivity index is 1.74. The fourth-order valence-corrected chi connectivity index (χ4v) is 5.57. The lowest BCUT2D eigenvalue weighted by Crippen LogP contribution is -2.21. The van der Waals surface area contributed by atoms with E-state index in [9.17, 15) is 4.39 Å². The third kappa shape index (κ3) is 5.70. The summed E-state index contributed by atoms with van der Waals surface area (Å²) in [6, 6.07) is 34.3. The zero-order chi connectivity index (χ0) is 23.1. The van der Waals surface area contributed by atoms with Gasteiger partial charge in [0.25, 0.3) is 0 Å². The van der Waals surface area contributed by atoms with Crippen molar-refractivity contribution < 1.29 is 9.13 Å². The second kappa shape index (κ2) is 10.8. The highest BCUT2D eigenvalue weighted by molar-refractivity contribution is 7.48. The van der Waals surface area contributed by atoms with E-state index in [0.29, 0.717) is 15.2 Å². The zero-order valence-corrected chi connectivity index (χ0v) is 20.2. The van der Waals surface area contributed by atoms with Crippen molar-refractivity contribution in [3.8, 4) is 5.75 Å². The van der Waals surface area contributed by atoms with Gasteiger partial charge in [-0.1, -0.05) is 119 Å². The Morgan fingerprint density at radius 2 is 1.39 bits per heavy atom. The van der Waals surface area contributed by atoms with E-state index in [-0.39, 0.29) is 11.0 Å². The van der Waals surface area contributed by atoms with Crippen LogP contribution in [0.5, 0.6) is 5.75 Å². The van der Waals surface area contributed by atoms with Crippen LogP contribution in [0.1, 0.15) is 42.5 Å². The first kappa shape index (κ1) is 23.2. The average molecular weight is 457 g/mol. The van der Waals surface area contributed by atoms with Crippen molar-refractivity contribution in [2.24, 2.45) is 0 Å². The summed E-state index contributed by atoms with van der Waals surface area (Å²) in [4.78, 5) is 0. The van der Waals surface area contributed by atoms with Crippen molar-refractivity contribution in [3.05, 3.63) is 131 Å². The molecule has 0 aliphatic carbocycles. The minimum atomic E-state index is -0.235. The van der Waals surface area contributed by atoms with Crippen LogP contribution in [0.2, 0.25) is 0 Å². The molecule has 1 nitrogen and oxygen atoms in total. The van der Waals surface area contributed by atoms with Crippen LogP contribution in [-0.2, 0) is 18.2 Å². The smallest absolute Gasteiger partial charge is 0.130 e. The van der Waals surface area contributed by atoms with Crippen molar-refractivity contribution >= 4 is 13.9 Å². The molecule has 4 aromatic rings. The molecule has 33 heavy (non-hydrogen) atoms. The molecule has 0 saturated heterocycles. The molecule has 0 radical (unpaired) electrons. The molecule has 0 spiro atoms. The Morgan fingerprint density at radius 3 is 2.06 bits per heavy atom. The zero-order valence-electron chi connectivity index (χ0n) is 19.2. The maximum Gasteiger partial charge on any atom is 0.130 e. The molecule has 0 bridgehead atoms. The maximum atomic E-state index is 14.6. The first-order chi connectivity index (χ1) is 16.1. The highest BCUT2D eigenvalue weighted by atomic mass is 31.1. The van der Waals surface area contributed by atoms with E-state index in [0.717, 1.165) is 40.6 Å².